The van der Waals surface area contributed by atoms with E-state index in [2.05, 4.69) is 20.5 Å². The quantitative estimate of drug-likeness (QED) is 0.429. The summed E-state index contributed by atoms with van der Waals surface area (Å²) in [5.74, 6) is -0.772. The monoisotopic (exact) mass is 564 g/mol. The molecule has 1 saturated carbocycles. The molecule has 40 heavy (non-hydrogen) atoms. The molecule has 2 fully saturated rings. The first-order valence-corrected chi connectivity index (χ1v) is 13.4. The van der Waals surface area contributed by atoms with Crippen molar-refractivity contribution < 1.29 is 37.3 Å². The molecule has 12 heteroatoms. The number of ether oxygens (including phenoxy) is 2. The second-order valence-corrected chi connectivity index (χ2v) is 10.2. The van der Waals surface area contributed by atoms with Crippen LogP contribution < -0.4 is 15.4 Å². The van der Waals surface area contributed by atoms with Gasteiger partial charge in [-0.05, 0) is 56.9 Å². The van der Waals surface area contributed by atoms with E-state index in [-0.39, 0.29) is 30.3 Å². The van der Waals surface area contributed by atoms with E-state index < -0.39 is 29.2 Å². The summed E-state index contributed by atoms with van der Waals surface area (Å²) < 4.78 is 49.9. The van der Waals surface area contributed by atoms with E-state index in [0.717, 1.165) is 31.0 Å². The fraction of sp³-hybridized carbons (Fsp3) is 0.536. The second kappa shape index (κ2) is 12.5. The molecule has 0 bridgehead atoms. The largest absolute Gasteiger partial charge is 0.481 e. The Morgan fingerprint density at radius 1 is 1.15 bits per heavy atom. The molecule has 1 saturated heterocycles. The van der Waals surface area contributed by atoms with E-state index in [1.165, 1.54) is 13.2 Å². The molecule has 1 aliphatic carbocycles. The summed E-state index contributed by atoms with van der Waals surface area (Å²) in [6.45, 7) is 3.10. The normalized spacial score (nSPS) is 25.4. The number of hydrogen-bond donors (Lipinski definition) is 3. The van der Waals surface area contributed by atoms with Crippen LogP contribution >= 0.6 is 0 Å². The first-order valence-electron chi connectivity index (χ1n) is 13.4. The molecule has 4 rings (SSSR count). The van der Waals surface area contributed by atoms with Crippen molar-refractivity contribution in [1.82, 2.24) is 20.5 Å². The summed E-state index contributed by atoms with van der Waals surface area (Å²) in [5, 5.41) is 16.6. The molecule has 0 radical (unpaired) electrons. The van der Waals surface area contributed by atoms with Crippen molar-refractivity contribution >= 4 is 11.8 Å². The zero-order chi connectivity index (χ0) is 28.9. The van der Waals surface area contributed by atoms with E-state index in [1.54, 1.807) is 12.1 Å². The lowest BCUT2D eigenvalue weighted by molar-refractivity contribution is -0.137. The molecule has 9 nitrogen and oxygen atoms in total. The predicted molar refractivity (Wildman–Crippen MR) is 140 cm³/mol. The number of benzene rings is 1. The van der Waals surface area contributed by atoms with Crippen LogP contribution in [0, 0.1) is 0 Å². The van der Waals surface area contributed by atoms with E-state index in [9.17, 15) is 27.9 Å². The van der Waals surface area contributed by atoms with Gasteiger partial charge in [0.2, 0.25) is 11.8 Å². The number of halogens is 3. The van der Waals surface area contributed by atoms with Crippen LogP contribution in [0.15, 0.2) is 42.5 Å². The minimum Gasteiger partial charge on any atom is -0.481 e. The van der Waals surface area contributed by atoms with Crippen molar-refractivity contribution in [3.8, 4) is 5.88 Å². The summed E-state index contributed by atoms with van der Waals surface area (Å²) in [4.78, 5) is 31.7. The summed E-state index contributed by atoms with van der Waals surface area (Å²) in [6.07, 6.45) is -2.28. The Bertz CT molecular complexity index is 1190. The number of carbonyl (C=O) groups is 2. The van der Waals surface area contributed by atoms with Crippen LogP contribution in [-0.4, -0.2) is 78.3 Å². The molecule has 2 atom stereocenters. The van der Waals surface area contributed by atoms with E-state index >= 15 is 0 Å². The highest BCUT2D eigenvalue weighted by Crippen LogP contribution is 2.39. The number of pyridine rings is 1. The molecule has 2 aliphatic rings. The zero-order valence-corrected chi connectivity index (χ0v) is 22.5. The van der Waals surface area contributed by atoms with Crippen LogP contribution in [0.2, 0.25) is 0 Å². The number of likely N-dealkylation sites (tertiary alicyclic amines) is 1. The number of aliphatic hydroxyl groups is 1. The average molecular weight is 565 g/mol. The van der Waals surface area contributed by atoms with Gasteiger partial charge in [-0.15, -0.1) is 0 Å². The number of hydrogen-bond acceptors (Lipinski definition) is 7. The number of aromatic nitrogens is 1. The Kier molecular flexibility index (Phi) is 9.32. The SMILES string of the molecule is CCO[C@H]1CN(C2CCC(O)(c3cccc(OC)n3)CC2)C[C@@H]1NC(=O)CNC(=O)c1cccc(C(F)(F)F)c1. The van der Waals surface area contributed by atoms with Gasteiger partial charge in [0.1, 0.15) is 5.60 Å². The topological polar surface area (TPSA) is 113 Å². The molecule has 1 aromatic carbocycles. The fourth-order valence-electron chi connectivity index (χ4n) is 5.47. The Labute approximate surface area is 231 Å². The lowest BCUT2D eigenvalue weighted by Gasteiger charge is -2.39. The maximum absolute atomic E-state index is 13.0. The summed E-state index contributed by atoms with van der Waals surface area (Å²) in [6, 6.07) is 9.27. The van der Waals surface area contributed by atoms with Crippen molar-refractivity contribution in [1.29, 1.82) is 0 Å². The first kappa shape index (κ1) is 29.8. The number of alkyl halides is 3. The van der Waals surface area contributed by atoms with Gasteiger partial charge in [-0.3, -0.25) is 14.5 Å². The van der Waals surface area contributed by atoms with Crippen LogP contribution in [0.5, 0.6) is 5.88 Å². The van der Waals surface area contributed by atoms with Gasteiger partial charge < -0.3 is 25.2 Å². The summed E-state index contributed by atoms with van der Waals surface area (Å²) >= 11 is 0. The summed E-state index contributed by atoms with van der Waals surface area (Å²) in [7, 11) is 1.54. The van der Waals surface area contributed by atoms with E-state index in [4.69, 9.17) is 9.47 Å². The maximum Gasteiger partial charge on any atom is 0.416 e. The van der Waals surface area contributed by atoms with Crippen LogP contribution in [-0.2, 0) is 21.3 Å². The Hall–Kier alpha value is -3.22. The van der Waals surface area contributed by atoms with Gasteiger partial charge in [-0.1, -0.05) is 12.1 Å². The van der Waals surface area contributed by atoms with E-state index in [0.29, 0.717) is 44.1 Å². The van der Waals surface area contributed by atoms with Crippen molar-refractivity contribution in [3.63, 3.8) is 0 Å². The molecule has 2 aromatic rings. The number of carbonyl (C=O) groups excluding carboxylic acids is 2. The smallest absolute Gasteiger partial charge is 0.416 e. The van der Waals surface area contributed by atoms with Crippen molar-refractivity contribution in [2.45, 2.75) is 62.6 Å². The van der Waals surface area contributed by atoms with Crippen LogP contribution in [0.25, 0.3) is 0 Å². The lowest BCUT2D eigenvalue weighted by atomic mass is 9.79. The number of methoxy groups -OCH3 is 1. The van der Waals surface area contributed by atoms with E-state index in [1.807, 2.05) is 13.0 Å². The zero-order valence-electron chi connectivity index (χ0n) is 22.5. The molecule has 2 heterocycles. The maximum atomic E-state index is 13.0. The van der Waals surface area contributed by atoms with Gasteiger partial charge >= 0.3 is 6.18 Å². The Morgan fingerprint density at radius 3 is 2.55 bits per heavy atom. The van der Waals surface area contributed by atoms with Crippen LogP contribution in [0.3, 0.4) is 0 Å². The van der Waals surface area contributed by atoms with Crippen molar-refractivity contribution in [2.24, 2.45) is 0 Å². The van der Waals surface area contributed by atoms with Gasteiger partial charge in [0.15, 0.2) is 0 Å². The Morgan fingerprint density at radius 2 is 1.88 bits per heavy atom. The molecule has 3 N–H and O–H groups in total. The van der Waals surface area contributed by atoms with Crippen molar-refractivity contribution in [2.75, 3.05) is 33.4 Å². The lowest BCUT2D eigenvalue weighted by Crippen LogP contribution is -2.48. The predicted octanol–water partition coefficient (Wildman–Crippen LogP) is 2.87. The van der Waals surface area contributed by atoms with Crippen LogP contribution in [0.4, 0.5) is 13.2 Å². The molecular formula is C28H35F3N4O5. The molecule has 218 valence electrons. The average Bonchev–Trinajstić information content (AvgIpc) is 3.33. The number of rotatable bonds is 9. The van der Waals surface area contributed by atoms with Gasteiger partial charge in [-0.2, -0.15) is 13.2 Å². The first-order chi connectivity index (χ1) is 19.0. The summed E-state index contributed by atoms with van der Waals surface area (Å²) in [5.41, 5.74) is -1.55. The molecule has 0 spiro atoms. The third kappa shape index (κ3) is 7.10. The minimum absolute atomic E-state index is 0.178. The van der Waals surface area contributed by atoms with Gasteiger partial charge in [0.25, 0.3) is 5.91 Å². The van der Waals surface area contributed by atoms with Gasteiger partial charge in [0, 0.05) is 37.4 Å². The molecule has 0 unspecified atom stereocenters. The number of nitrogens with zero attached hydrogens (tertiary/aromatic N) is 2. The third-order valence-corrected chi connectivity index (χ3v) is 7.59. The number of amides is 2. The highest BCUT2D eigenvalue weighted by molar-refractivity contribution is 5.96. The van der Waals surface area contributed by atoms with Gasteiger partial charge in [-0.25, -0.2) is 4.98 Å². The van der Waals surface area contributed by atoms with Crippen LogP contribution in [0.1, 0.15) is 54.2 Å². The highest BCUT2D eigenvalue weighted by atomic mass is 19.4. The molecule has 2 amide bonds. The third-order valence-electron chi connectivity index (χ3n) is 7.59. The molecule has 1 aliphatic heterocycles. The minimum atomic E-state index is -4.57. The standard InChI is InChI=1S/C28H35F3N4O5/c1-3-40-22-17-35(20-10-12-27(38,13-11-20)23-8-5-9-25(34-23)39-2)16-21(22)33-24(36)15-32-26(37)18-6-4-7-19(14-18)28(29,30)31/h4-9,14,20-22,38H,3,10-13,15-17H2,1-2H3,(H,32,37)(H,33,36)/t20?,21-,22-,27?/m0/s1. The Balaban J connectivity index is 1.30. The number of nitrogens with one attached hydrogen (secondary N) is 2. The van der Waals surface area contributed by atoms with Crippen molar-refractivity contribution in [3.05, 3.63) is 59.3 Å². The van der Waals surface area contributed by atoms with Gasteiger partial charge in [0.05, 0.1) is 37.1 Å². The molecular weight excluding hydrogens is 529 g/mol. The molecule has 1 aromatic heterocycles. The highest BCUT2D eigenvalue weighted by Gasteiger charge is 2.42. The fourth-order valence-corrected chi connectivity index (χ4v) is 5.47. The second-order valence-electron chi connectivity index (χ2n) is 10.2.